The van der Waals surface area contributed by atoms with Gasteiger partial charge in [-0.3, -0.25) is 0 Å². The summed E-state index contributed by atoms with van der Waals surface area (Å²) >= 11 is 0.796. The van der Waals surface area contributed by atoms with Crippen LogP contribution in [0.25, 0.3) is 0 Å². The van der Waals surface area contributed by atoms with Gasteiger partial charge in [0.2, 0.25) is 0 Å². The van der Waals surface area contributed by atoms with Crippen molar-refractivity contribution in [2.75, 3.05) is 0 Å². The van der Waals surface area contributed by atoms with Gasteiger partial charge in [-0.1, -0.05) is 35.9 Å². The zero-order chi connectivity index (χ0) is 10.7. The molecule has 1 atom stereocenters. The number of allylic oxidation sites excluding steroid dienone is 4. The lowest BCUT2D eigenvalue weighted by Gasteiger charge is -2.19. The molecule has 0 spiro atoms. The summed E-state index contributed by atoms with van der Waals surface area (Å²) in [6.07, 6.45) is 7.56. The minimum absolute atomic E-state index is 0.507. The SMILES string of the molecule is CC1=CC=CCC1c1ccc(SO)cc1. The molecule has 1 aromatic rings. The van der Waals surface area contributed by atoms with E-state index in [9.17, 15) is 0 Å². The molecule has 1 aliphatic rings. The van der Waals surface area contributed by atoms with Gasteiger partial charge in [0.25, 0.3) is 0 Å². The van der Waals surface area contributed by atoms with Crippen molar-refractivity contribution >= 4 is 12.0 Å². The molecule has 1 unspecified atom stereocenters. The molecule has 0 saturated carbocycles. The van der Waals surface area contributed by atoms with Crippen LogP contribution in [0.2, 0.25) is 0 Å². The van der Waals surface area contributed by atoms with Gasteiger partial charge in [-0.2, -0.15) is 0 Å². The van der Waals surface area contributed by atoms with Gasteiger partial charge in [-0.15, -0.1) is 0 Å². The Balaban J connectivity index is 2.23. The largest absolute Gasteiger partial charge is 0.325 e. The van der Waals surface area contributed by atoms with Crippen LogP contribution in [0, 0.1) is 0 Å². The molecule has 1 nitrogen and oxygen atoms in total. The third-order valence-electron chi connectivity index (χ3n) is 2.80. The summed E-state index contributed by atoms with van der Waals surface area (Å²) < 4.78 is 8.88. The fourth-order valence-electron chi connectivity index (χ4n) is 1.90. The summed E-state index contributed by atoms with van der Waals surface area (Å²) in [5, 5.41) is 0. The first-order chi connectivity index (χ1) is 7.31. The Bertz CT molecular complexity index is 390. The molecule has 2 rings (SSSR count). The van der Waals surface area contributed by atoms with Gasteiger partial charge in [0.05, 0.1) is 0 Å². The topological polar surface area (TPSA) is 20.2 Å². The second-order valence-corrected chi connectivity index (χ2v) is 4.44. The molecular weight excluding hydrogens is 204 g/mol. The molecule has 0 heterocycles. The molecule has 0 radical (unpaired) electrons. The fourth-order valence-corrected chi connectivity index (χ4v) is 2.15. The first-order valence-corrected chi connectivity index (χ1v) is 5.83. The highest BCUT2D eigenvalue weighted by Gasteiger charge is 2.13. The van der Waals surface area contributed by atoms with E-state index in [1.54, 1.807) is 0 Å². The van der Waals surface area contributed by atoms with Crippen LogP contribution in [0.15, 0.2) is 53.0 Å². The molecular formula is C13H14OS. The van der Waals surface area contributed by atoms with Gasteiger partial charge in [0.1, 0.15) is 0 Å². The second-order valence-electron chi connectivity index (χ2n) is 3.79. The van der Waals surface area contributed by atoms with E-state index in [-0.39, 0.29) is 0 Å². The van der Waals surface area contributed by atoms with Gasteiger partial charge in [-0.25, -0.2) is 0 Å². The molecule has 0 amide bonds. The van der Waals surface area contributed by atoms with E-state index < -0.39 is 0 Å². The maximum Gasteiger partial charge on any atom is 0.0351 e. The predicted molar refractivity (Wildman–Crippen MR) is 65.2 cm³/mol. The Hall–Kier alpha value is -0.990. The zero-order valence-electron chi connectivity index (χ0n) is 8.68. The minimum Gasteiger partial charge on any atom is -0.325 e. The highest BCUT2D eigenvalue weighted by molar-refractivity contribution is 7.93. The van der Waals surface area contributed by atoms with Gasteiger partial charge in [0.15, 0.2) is 0 Å². The number of hydrogen-bond acceptors (Lipinski definition) is 2. The highest BCUT2D eigenvalue weighted by atomic mass is 32.2. The summed E-state index contributed by atoms with van der Waals surface area (Å²) in [4.78, 5) is 0.895. The van der Waals surface area contributed by atoms with Crippen molar-refractivity contribution in [2.24, 2.45) is 0 Å². The molecule has 1 aliphatic carbocycles. The molecule has 0 aliphatic heterocycles. The molecule has 15 heavy (non-hydrogen) atoms. The van der Waals surface area contributed by atoms with Crippen LogP contribution in [-0.4, -0.2) is 4.55 Å². The maximum absolute atomic E-state index is 8.88. The van der Waals surface area contributed by atoms with Crippen molar-refractivity contribution in [3.05, 3.63) is 53.6 Å². The van der Waals surface area contributed by atoms with E-state index in [0.717, 1.165) is 23.4 Å². The number of rotatable bonds is 2. The van der Waals surface area contributed by atoms with E-state index in [1.165, 1.54) is 11.1 Å². The van der Waals surface area contributed by atoms with Crippen LogP contribution in [0.1, 0.15) is 24.8 Å². The summed E-state index contributed by atoms with van der Waals surface area (Å²) in [6, 6.07) is 8.12. The summed E-state index contributed by atoms with van der Waals surface area (Å²) in [5.74, 6) is 0.507. The monoisotopic (exact) mass is 218 g/mol. The van der Waals surface area contributed by atoms with Crippen LogP contribution in [0.4, 0.5) is 0 Å². The van der Waals surface area contributed by atoms with Crippen LogP contribution in [0.5, 0.6) is 0 Å². The highest BCUT2D eigenvalue weighted by Crippen LogP contribution is 2.31. The van der Waals surface area contributed by atoms with E-state index in [2.05, 4.69) is 37.3 Å². The Morgan fingerprint density at radius 2 is 2.00 bits per heavy atom. The van der Waals surface area contributed by atoms with Crippen molar-refractivity contribution in [3.8, 4) is 0 Å². The minimum atomic E-state index is 0.507. The summed E-state index contributed by atoms with van der Waals surface area (Å²) in [5.41, 5.74) is 2.73. The van der Waals surface area contributed by atoms with E-state index in [4.69, 9.17) is 4.55 Å². The molecule has 1 N–H and O–H groups in total. The van der Waals surface area contributed by atoms with Crippen molar-refractivity contribution < 1.29 is 4.55 Å². The number of benzene rings is 1. The Morgan fingerprint density at radius 1 is 1.27 bits per heavy atom. The Labute approximate surface area is 94.7 Å². The van der Waals surface area contributed by atoms with Crippen molar-refractivity contribution in [1.82, 2.24) is 0 Å². The lowest BCUT2D eigenvalue weighted by molar-refractivity contribution is 0.663. The smallest absolute Gasteiger partial charge is 0.0351 e. The molecule has 0 fully saturated rings. The van der Waals surface area contributed by atoms with Crippen LogP contribution < -0.4 is 0 Å². The molecule has 0 aromatic heterocycles. The van der Waals surface area contributed by atoms with Crippen molar-refractivity contribution in [3.63, 3.8) is 0 Å². The van der Waals surface area contributed by atoms with Crippen LogP contribution in [0.3, 0.4) is 0 Å². The van der Waals surface area contributed by atoms with Crippen LogP contribution >= 0.6 is 12.0 Å². The first-order valence-electron chi connectivity index (χ1n) is 5.06. The second kappa shape index (κ2) is 4.69. The normalized spacial score (nSPS) is 20.1. The maximum atomic E-state index is 8.88. The number of hydrogen-bond donors (Lipinski definition) is 1. The van der Waals surface area contributed by atoms with Gasteiger partial charge in [0, 0.05) is 22.9 Å². The van der Waals surface area contributed by atoms with Crippen LogP contribution in [-0.2, 0) is 0 Å². The summed E-state index contributed by atoms with van der Waals surface area (Å²) in [7, 11) is 0. The Kier molecular flexibility index (Phi) is 3.29. The summed E-state index contributed by atoms with van der Waals surface area (Å²) in [6.45, 7) is 2.17. The zero-order valence-corrected chi connectivity index (χ0v) is 9.50. The predicted octanol–water partition coefficient (Wildman–Crippen LogP) is 4.24. The Morgan fingerprint density at radius 3 is 2.60 bits per heavy atom. The molecule has 78 valence electrons. The van der Waals surface area contributed by atoms with Gasteiger partial charge < -0.3 is 4.55 Å². The fraction of sp³-hybridized carbons (Fsp3) is 0.231. The third kappa shape index (κ3) is 2.33. The standard InChI is InChI=1S/C13H14OS/c1-10-4-2-3-5-13(10)11-6-8-12(15-14)9-7-11/h2-4,6-9,13-14H,5H2,1H3. The average molecular weight is 218 g/mol. The van der Waals surface area contributed by atoms with E-state index in [0.29, 0.717) is 5.92 Å². The van der Waals surface area contributed by atoms with Gasteiger partial charge in [-0.05, 0) is 31.0 Å². The van der Waals surface area contributed by atoms with Gasteiger partial charge >= 0.3 is 0 Å². The molecule has 0 saturated heterocycles. The third-order valence-corrected chi connectivity index (χ3v) is 3.29. The molecule has 2 heteroatoms. The van der Waals surface area contributed by atoms with E-state index >= 15 is 0 Å². The lowest BCUT2D eigenvalue weighted by atomic mass is 9.86. The van der Waals surface area contributed by atoms with Crippen molar-refractivity contribution in [2.45, 2.75) is 24.2 Å². The molecule has 0 bridgehead atoms. The average Bonchev–Trinajstić information content (AvgIpc) is 2.30. The first kappa shape index (κ1) is 10.5. The lowest BCUT2D eigenvalue weighted by Crippen LogP contribution is -2.01. The quantitative estimate of drug-likeness (QED) is 0.749. The van der Waals surface area contributed by atoms with Crippen molar-refractivity contribution in [1.29, 1.82) is 0 Å². The molecule has 1 aromatic carbocycles. The van der Waals surface area contributed by atoms with E-state index in [1.807, 2.05) is 12.1 Å².